The highest BCUT2D eigenvalue weighted by Crippen LogP contribution is 2.32. The maximum absolute atomic E-state index is 13.5. The highest BCUT2D eigenvalue weighted by molar-refractivity contribution is 5.96. The number of ether oxygens (including phenoxy) is 3. The average Bonchev–Trinajstić information content (AvgIpc) is 3.18. The average molecular weight is 402 g/mol. The van der Waals surface area contributed by atoms with E-state index in [2.05, 4.69) is 10.6 Å². The van der Waals surface area contributed by atoms with E-state index in [1.165, 1.54) is 25.1 Å². The number of carbonyl (C=O) groups is 3. The molecular formula is C20H19FN2O6. The second-order valence-corrected chi connectivity index (χ2v) is 6.20. The van der Waals surface area contributed by atoms with Crippen LogP contribution in [0.25, 0.3) is 0 Å². The van der Waals surface area contributed by atoms with Gasteiger partial charge in [-0.1, -0.05) is 18.2 Å². The molecule has 9 heteroatoms. The summed E-state index contributed by atoms with van der Waals surface area (Å²) in [7, 11) is 0. The summed E-state index contributed by atoms with van der Waals surface area (Å²) in [5, 5.41) is 4.90. The fourth-order valence-corrected chi connectivity index (χ4v) is 2.57. The highest BCUT2D eigenvalue weighted by Gasteiger charge is 2.19. The minimum atomic E-state index is -1.07. The van der Waals surface area contributed by atoms with Crippen LogP contribution in [0.2, 0.25) is 0 Å². The van der Waals surface area contributed by atoms with Crippen LogP contribution in [0.4, 0.5) is 4.39 Å². The predicted molar refractivity (Wildman–Crippen MR) is 98.7 cm³/mol. The maximum Gasteiger partial charge on any atom is 0.326 e. The number of carbonyl (C=O) groups excluding carboxylic acids is 3. The van der Waals surface area contributed by atoms with Crippen molar-refractivity contribution in [3.8, 4) is 11.5 Å². The Kier molecular flexibility index (Phi) is 6.28. The van der Waals surface area contributed by atoms with Gasteiger partial charge in [-0.05, 0) is 36.8 Å². The van der Waals surface area contributed by atoms with Crippen molar-refractivity contribution in [2.45, 2.75) is 19.6 Å². The molecule has 1 heterocycles. The molecule has 8 nitrogen and oxygen atoms in total. The van der Waals surface area contributed by atoms with Crippen molar-refractivity contribution < 1.29 is 33.0 Å². The van der Waals surface area contributed by atoms with Crippen molar-refractivity contribution in [3.05, 3.63) is 59.4 Å². The van der Waals surface area contributed by atoms with Crippen LogP contribution in [-0.2, 0) is 20.9 Å². The van der Waals surface area contributed by atoms with Gasteiger partial charge in [0.05, 0.1) is 5.56 Å². The van der Waals surface area contributed by atoms with Gasteiger partial charge < -0.3 is 24.8 Å². The zero-order valence-electron chi connectivity index (χ0n) is 15.6. The van der Waals surface area contributed by atoms with E-state index in [1.54, 1.807) is 18.2 Å². The Balaban J connectivity index is 1.42. The molecule has 0 bridgehead atoms. The molecule has 2 aromatic carbocycles. The molecule has 1 aliphatic rings. The van der Waals surface area contributed by atoms with Crippen LogP contribution in [0, 0.1) is 5.82 Å². The Morgan fingerprint density at radius 3 is 2.66 bits per heavy atom. The van der Waals surface area contributed by atoms with E-state index in [1.807, 2.05) is 0 Å². The van der Waals surface area contributed by atoms with Gasteiger partial charge in [-0.15, -0.1) is 0 Å². The first-order chi connectivity index (χ1) is 13.9. The molecule has 0 spiro atoms. The summed E-state index contributed by atoms with van der Waals surface area (Å²) in [4.78, 5) is 35.8. The monoisotopic (exact) mass is 402 g/mol. The molecule has 3 rings (SSSR count). The Morgan fingerprint density at radius 2 is 1.86 bits per heavy atom. The predicted octanol–water partition coefficient (Wildman–Crippen LogP) is 1.53. The third kappa shape index (κ3) is 5.22. The molecule has 0 radical (unpaired) electrons. The van der Waals surface area contributed by atoms with Gasteiger partial charge in [0.1, 0.15) is 12.4 Å². The summed E-state index contributed by atoms with van der Waals surface area (Å²) in [6.07, 6.45) is -1.07. The van der Waals surface area contributed by atoms with Crippen molar-refractivity contribution in [1.29, 1.82) is 0 Å². The number of hydrogen-bond donors (Lipinski definition) is 2. The zero-order chi connectivity index (χ0) is 20.8. The molecule has 0 aromatic heterocycles. The molecule has 0 aliphatic carbocycles. The number of nitrogens with one attached hydrogen (secondary N) is 2. The SMILES string of the molecule is CC(OC(=O)CNC(=O)c1ccccc1F)C(=O)NCc1ccc2c(c1)OCO2. The summed E-state index contributed by atoms with van der Waals surface area (Å²) in [5.74, 6) is -1.53. The first kappa shape index (κ1) is 20.1. The molecule has 0 saturated heterocycles. The van der Waals surface area contributed by atoms with Crippen LogP contribution in [0.15, 0.2) is 42.5 Å². The second kappa shape index (κ2) is 9.05. The van der Waals surface area contributed by atoms with E-state index in [0.717, 1.165) is 11.6 Å². The summed E-state index contributed by atoms with van der Waals surface area (Å²) in [5.41, 5.74) is 0.605. The molecule has 2 N–H and O–H groups in total. The Hall–Kier alpha value is -3.62. The lowest BCUT2D eigenvalue weighted by Gasteiger charge is -2.14. The van der Waals surface area contributed by atoms with Crippen molar-refractivity contribution in [1.82, 2.24) is 10.6 Å². The maximum atomic E-state index is 13.5. The minimum absolute atomic E-state index is 0.158. The van der Waals surface area contributed by atoms with E-state index in [0.29, 0.717) is 11.5 Å². The largest absolute Gasteiger partial charge is 0.454 e. The van der Waals surface area contributed by atoms with E-state index < -0.39 is 36.2 Å². The lowest BCUT2D eigenvalue weighted by molar-refractivity contribution is -0.153. The summed E-state index contributed by atoms with van der Waals surface area (Å²) in [6.45, 7) is 1.28. The molecular weight excluding hydrogens is 383 g/mol. The first-order valence-electron chi connectivity index (χ1n) is 8.82. The van der Waals surface area contributed by atoms with Crippen LogP contribution in [-0.4, -0.2) is 37.2 Å². The number of hydrogen-bond acceptors (Lipinski definition) is 6. The van der Waals surface area contributed by atoms with Crippen LogP contribution in [0.1, 0.15) is 22.8 Å². The van der Waals surface area contributed by atoms with Gasteiger partial charge in [0.2, 0.25) is 6.79 Å². The molecule has 152 valence electrons. The summed E-state index contributed by atoms with van der Waals surface area (Å²) < 4.78 is 29.0. The molecule has 2 amide bonds. The van der Waals surface area contributed by atoms with E-state index >= 15 is 0 Å². The Bertz CT molecular complexity index is 933. The summed E-state index contributed by atoms with van der Waals surface area (Å²) in [6, 6.07) is 10.7. The number of esters is 1. The van der Waals surface area contributed by atoms with Crippen LogP contribution in [0.3, 0.4) is 0 Å². The quantitative estimate of drug-likeness (QED) is 0.681. The normalized spacial score (nSPS) is 12.8. The molecule has 1 unspecified atom stereocenters. The molecule has 0 saturated carbocycles. The lowest BCUT2D eigenvalue weighted by atomic mass is 10.2. The lowest BCUT2D eigenvalue weighted by Crippen LogP contribution is -2.38. The number of halogens is 1. The zero-order valence-corrected chi connectivity index (χ0v) is 15.6. The van der Waals surface area contributed by atoms with E-state index in [-0.39, 0.29) is 18.9 Å². The van der Waals surface area contributed by atoms with Gasteiger partial charge in [0.25, 0.3) is 11.8 Å². The van der Waals surface area contributed by atoms with Gasteiger partial charge in [-0.2, -0.15) is 0 Å². The standard InChI is InChI=1S/C20H19FN2O6/c1-12(19(25)22-9-13-6-7-16-17(8-13)28-11-27-16)29-18(24)10-23-20(26)14-4-2-3-5-15(14)21/h2-8,12H,9-11H2,1H3,(H,22,25)(H,23,26). The molecule has 2 aromatic rings. The van der Waals surface area contributed by atoms with Crippen LogP contribution < -0.4 is 20.1 Å². The minimum Gasteiger partial charge on any atom is -0.454 e. The van der Waals surface area contributed by atoms with Gasteiger partial charge >= 0.3 is 5.97 Å². The van der Waals surface area contributed by atoms with Crippen molar-refractivity contribution in [2.75, 3.05) is 13.3 Å². The van der Waals surface area contributed by atoms with E-state index in [9.17, 15) is 18.8 Å². The summed E-state index contributed by atoms with van der Waals surface area (Å²) >= 11 is 0. The second-order valence-electron chi connectivity index (χ2n) is 6.20. The number of fused-ring (bicyclic) bond motifs is 1. The highest BCUT2D eigenvalue weighted by atomic mass is 19.1. The van der Waals surface area contributed by atoms with Gasteiger partial charge in [-0.3, -0.25) is 14.4 Å². The van der Waals surface area contributed by atoms with E-state index in [4.69, 9.17) is 14.2 Å². The third-order valence-corrected chi connectivity index (χ3v) is 4.09. The third-order valence-electron chi connectivity index (χ3n) is 4.09. The number of amides is 2. The molecule has 1 atom stereocenters. The molecule has 0 fully saturated rings. The molecule has 1 aliphatic heterocycles. The Labute approximate surface area is 165 Å². The van der Waals surface area contributed by atoms with Gasteiger partial charge in [0, 0.05) is 6.54 Å². The fourth-order valence-electron chi connectivity index (χ4n) is 2.57. The van der Waals surface area contributed by atoms with Crippen molar-refractivity contribution in [2.24, 2.45) is 0 Å². The molecule has 29 heavy (non-hydrogen) atoms. The van der Waals surface area contributed by atoms with Crippen molar-refractivity contribution >= 4 is 17.8 Å². The smallest absolute Gasteiger partial charge is 0.326 e. The van der Waals surface area contributed by atoms with Crippen LogP contribution >= 0.6 is 0 Å². The fraction of sp³-hybridized carbons (Fsp3) is 0.250. The first-order valence-corrected chi connectivity index (χ1v) is 8.82. The Morgan fingerprint density at radius 1 is 1.10 bits per heavy atom. The number of rotatable bonds is 7. The van der Waals surface area contributed by atoms with Gasteiger partial charge in [0.15, 0.2) is 17.6 Å². The topological polar surface area (TPSA) is 103 Å². The van der Waals surface area contributed by atoms with Crippen molar-refractivity contribution in [3.63, 3.8) is 0 Å². The van der Waals surface area contributed by atoms with Gasteiger partial charge in [-0.25, -0.2) is 4.39 Å². The number of benzene rings is 2. The van der Waals surface area contributed by atoms with Crippen LogP contribution in [0.5, 0.6) is 11.5 Å².